The molecule has 0 spiro atoms. The van der Waals surface area contributed by atoms with Crippen LogP contribution in [0.15, 0.2) is 340 Å². The van der Waals surface area contributed by atoms with Crippen molar-refractivity contribution in [3.63, 3.8) is 0 Å². The predicted molar refractivity (Wildman–Crippen MR) is 436 cm³/mol. The average molecular weight is 1340 g/mol. The molecule has 2 aliphatic carbocycles. The molecule has 494 valence electrons. The van der Waals surface area contributed by atoms with Crippen LogP contribution in [-0.4, -0.2) is 28.7 Å². The Bertz CT molecular complexity index is 6690. The van der Waals surface area contributed by atoms with Gasteiger partial charge < -0.3 is 13.7 Å². The number of benzene rings is 15. The number of rotatable bonds is 10. The molecule has 21 rings (SSSR count). The van der Waals surface area contributed by atoms with Crippen LogP contribution in [0.2, 0.25) is 0 Å². The molecule has 0 saturated carbocycles. The van der Waals surface area contributed by atoms with Crippen LogP contribution in [0, 0.1) is 0 Å². The number of hydrogen-bond acceptors (Lipinski definition) is 3. The maximum atomic E-state index is 5.21. The summed E-state index contributed by atoms with van der Waals surface area (Å²) in [5, 5.41) is 7.25. The zero-order valence-corrected chi connectivity index (χ0v) is 58.5. The molecule has 6 nitrogen and oxygen atoms in total. The molecule has 0 atom stereocenters. The molecule has 19 aromatic rings. The molecule has 2 aliphatic rings. The quantitative estimate of drug-likeness (QED) is 0.137. The third-order valence-electron chi connectivity index (χ3n) is 22.9. The molecule has 105 heavy (non-hydrogen) atoms. The Hall–Kier alpha value is -13.3. The zero-order chi connectivity index (χ0) is 69.8. The van der Waals surface area contributed by atoms with Crippen molar-refractivity contribution in [2.45, 2.75) is 38.5 Å². The SMILES string of the molecule is CC1(C)c2ccccc2-c2ccc(-n3c4ccccc4c4cc(-c5ccc6c(c5)c5cc(-c7ccc8c(c7)c7ccccc7n8-c7ccc(-c8nc(-c9ccc(-c%10ccccc%10)cc9)nc(-c9ccc(-c%10ccccc%10)cc9)n8)cc7)ccc5n6-c5ccc6c(c5)C(C)(C)c5ccccc5-6)ccc43)cc21. The van der Waals surface area contributed by atoms with Crippen LogP contribution in [0.5, 0.6) is 0 Å². The largest absolute Gasteiger partial charge is 0.309 e. The monoisotopic (exact) mass is 1340 g/mol. The Morgan fingerprint density at radius 3 is 0.848 bits per heavy atom. The van der Waals surface area contributed by atoms with Crippen molar-refractivity contribution in [2.75, 3.05) is 0 Å². The van der Waals surface area contributed by atoms with E-state index in [0.29, 0.717) is 17.5 Å². The van der Waals surface area contributed by atoms with Gasteiger partial charge in [0.2, 0.25) is 0 Å². The number of aromatic nitrogens is 6. The highest BCUT2D eigenvalue weighted by Gasteiger charge is 2.37. The second-order valence-electron chi connectivity index (χ2n) is 29.5. The van der Waals surface area contributed by atoms with E-state index in [9.17, 15) is 0 Å². The van der Waals surface area contributed by atoms with Crippen molar-refractivity contribution in [1.82, 2.24) is 28.7 Å². The topological polar surface area (TPSA) is 53.5 Å². The summed E-state index contributed by atoms with van der Waals surface area (Å²) >= 11 is 0. The Morgan fingerprint density at radius 1 is 0.190 bits per heavy atom. The third kappa shape index (κ3) is 9.46. The summed E-state index contributed by atoms with van der Waals surface area (Å²) < 4.78 is 7.36. The van der Waals surface area contributed by atoms with E-state index in [1.807, 2.05) is 12.1 Å². The number of para-hydroxylation sites is 2. The highest BCUT2D eigenvalue weighted by atomic mass is 15.0. The molecule has 0 bridgehead atoms. The molecule has 0 amide bonds. The fourth-order valence-corrected chi connectivity index (χ4v) is 17.6. The first kappa shape index (κ1) is 60.5. The van der Waals surface area contributed by atoms with Crippen molar-refractivity contribution in [3.05, 3.63) is 362 Å². The lowest BCUT2D eigenvalue weighted by Crippen LogP contribution is -2.15. The van der Waals surface area contributed by atoms with Gasteiger partial charge in [-0.05, 0) is 198 Å². The highest BCUT2D eigenvalue weighted by Crippen LogP contribution is 2.52. The van der Waals surface area contributed by atoms with Crippen LogP contribution in [0.1, 0.15) is 49.9 Å². The molecular weight excluding hydrogens is 1270 g/mol. The first-order valence-electron chi connectivity index (χ1n) is 36.4. The van der Waals surface area contributed by atoms with Crippen LogP contribution in [0.4, 0.5) is 0 Å². The summed E-state index contributed by atoms with van der Waals surface area (Å²) in [4.78, 5) is 15.6. The standard InChI is InChI=1S/C99H68N6/c1-98(2)85-27-15-11-23-75(85)77-49-47-73(59-87(77)98)104-90-30-18-14-26-80(90)82-56-69(42-52-92(82)104)71-44-54-94-84(58-71)83-57-70(43-53-93(83)105(94)74-48-50-78-76-24-12-16-28-86(76)99(3,4)88(78)60-74)68-41-51-91-81(55-68)79-25-13-17-29-89(79)103(91)72-45-39-67(40-46-72)97-101-95(65-35-31-63(32-36-65)61-19-7-5-8-20-61)100-96(102-97)66-37-33-64(34-38-66)62-21-9-6-10-22-62/h5-60H,1-4H3. The van der Waals surface area contributed by atoms with E-state index in [-0.39, 0.29) is 10.8 Å². The van der Waals surface area contributed by atoms with Gasteiger partial charge in [-0.25, -0.2) is 15.0 Å². The van der Waals surface area contributed by atoms with Crippen LogP contribution >= 0.6 is 0 Å². The third-order valence-corrected chi connectivity index (χ3v) is 22.9. The maximum absolute atomic E-state index is 5.21. The summed E-state index contributed by atoms with van der Waals surface area (Å²) in [7, 11) is 0. The summed E-state index contributed by atoms with van der Waals surface area (Å²) in [5.41, 5.74) is 32.9. The van der Waals surface area contributed by atoms with Crippen molar-refractivity contribution >= 4 is 65.4 Å². The van der Waals surface area contributed by atoms with Gasteiger partial charge in [0, 0.05) is 76.9 Å². The van der Waals surface area contributed by atoms with E-state index in [1.54, 1.807) is 0 Å². The molecule has 6 heteroatoms. The Labute approximate surface area is 608 Å². The van der Waals surface area contributed by atoms with E-state index < -0.39 is 0 Å². The molecule has 0 saturated heterocycles. The minimum absolute atomic E-state index is 0.111. The summed E-state index contributed by atoms with van der Waals surface area (Å²) in [6, 6.07) is 125. The van der Waals surface area contributed by atoms with E-state index in [2.05, 4.69) is 369 Å². The van der Waals surface area contributed by atoms with Gasteiger partial charge in [-0.2, -0.15) is 0 Å². The van der Waals surface area contributed by atoms with E-state index in [0.717, 1.165) is 72.5 Å². The molecule has 0 aliphatic heterocycles. The summed E-state index contributed by atoms with van der Waals surface area (Å²) in [6.45, 7) is 9.48. The number of fused-ring (bicyclic) bond motifs is 15. The maximum Gasteiger partial charge on any atom is 0.164 e. The fraction of sp³-hybridized carbons (Fsp3) is 0.0606. The molecule has 0 fully saturated rings. The molecule has 15 aromatic carbocycles. The second kappa shape index (κ2) is 23.1. The summed E-state index contributed by atoms with van der Waals surface area (Å²) in [6.07, 6.45) is 0. The Kier molecular flexibility index (Phi) is 13.3. The van der Waals surface area contributed by atoms with E-state index >= 15 is 0 Å². The Balaban J connectivity index is 0.668. The van der Waals surface area contributed by atoms with Crippen LogP contribution < -0.4 is 0 Å². The van der Waals surface area contributed by atoms with Gasteiger partial charge in [0.25, 0.3) is 0 Å². The predicted octanol–water partition coefficient (Wildman–Crippen LogP) is 25.4. The molecular formula is C99H68N6. The van der Waals surface area contributed by atoms with Crippen LogP contribution in [-0.2, 0) is 10.8 Å². The van der Waals surface area contributed by atoms with Crippen molar-refractivity contribution < 1.29 is 0 Å². The van der Waals surface area contributed by atoms with Gasteiger partial charge >= 0.3 is 0 Å². The van der Waals surface area contributed by atoms with Crippen molar-refractivity contribution in [3.8, 4) is 118 Å². The number of nitrogens with zero attached hydrogens (tertiary/aromatic N) is 6. The Morgan fingerprint density at radius 2 is 0.457 bits per heavy atom. The first-order valence-corrected chi connectivity index (χ1v) is 36.4. The molecule has 0 unspecified atom stereocenters. The lowest BCUT2D eigenvalue weighted by molar-refractivity contribution is 0.660. The lowest BCUT2D eigenvalue weighted by atomic mass is 9.82. The van der Waals surface area contributed by atoms with Gasteiger partial charge in [0.1, 0.15) is 0 Å². The molecule has 4 heterocycles. The smallest absolute Gasteiger partial charge is 0.164 e. The van der Waals surface area contributed by atoms with Crippen LogP contribution in [0.25, 0.3) is 183 Å². The molecule has 4 aromatic heterocycles. The second-order valence-corrected chi connectivity index (χ2v) is 29.5. The first-order chi connectivity index (χ1) is 51.5. The van der Waals surface area contributed by atoms with Crippen molar-refractivity contribution in [2.24, 2.45) is 0 Å². The lowest BCUT2D eigenvalue weighted by Gasteiger charge is -2.22. The van der Waals surface area contributed by atoms with Crippen molar-refractivity contribution in [1.29, 1.82) is 0 Å². The van der Waals surface area contributed by atoms with Gasteiger partial charge in [-0.15, -0.1) is 0 Å². The summed E-state index contributed by atoms with van der Waals surface area (Å²) in [5.74, 6) is 1.84. The normalized spacial score (nSPS) is 13.3. The minimum atomic E-state index is -0.156. The van der Waals surface area contributed by atoms with Crippen LogP contribution in [0.3, 0.4) is 0 Å². The molecule has 0 N–H and O–H groups in total. The van der Waals surface area contributed by atoms with E-state index in [4.69, 9.17) is 15.0 Å². The van der Waals surface area contributed by atoms with Gasteiger partial charge in [-0.3, -0.25) is 0 Å². The van der Waals surface area contributed by atoms with E-state index in [1.165, 1.54) is 116 Å². The zero-order valence-electron chi connectivity index (χ0n) is 58.5. The fourth-order valence-electron chi connectivity index (χ4n) is 17.6. The number of hydrogen-bond donors (Lipinski definition) is 0. The average Bonchev–Trinajstić information content (AvgIpc) is 1.67. The molecule has 0 radical (unpaired) electrons. The minimum Gasteiger partial charge on any atom is -0.309 e. The van der Waals surface area contributed by atoms with Gasteiger partial charge in [-0.1, -0.05) is 258 Å². The van der Waals surface area contributed by atoms with Gasteiger partial charge in [0.05, 0.1) is 33.1 Å². The van der Waals surface area contributed by atoms with Gasteiger partial charge in [0.15, 0.2) is 17.5 Å². The highest BCUT2D eigenvalue weighted by molar-refractivity contribution is 6.15.